The highest BCUT2D eigenvalue weighted by molar-refractivity contribution is 5.85. The summed E-state index contributed by atoms with van der Waals surface area (Å²) in [6, 6.07) is 0.351. The fourth-order valence-electron chi connectivity index (χ4n) is 1.15. The molecule has 54 valence electrons. The van der Waals surface area contributed by atoms with Crippen molar-refractivity contribution in [2.45, 2.75) is 32.2 Å². The van der Waals surface area contributed by atoms with Crippen LogP contribution in [0.15, 0.2) is 11.6 Å². The number of nitrogens with two attached hydrogens (primary N) is 1. The molecule has 0 spiro atoms. The molecule has 0 aliphatic heterocycles. The molecular formula is C7H14ClN. The Hall–Kier alpha value is -0.0100. The molecule has 0 aromatic rings. The van der Waals surface area contributed by atoms with Gasteiger partial charge in [0.1, 0.15) is 0 Å². The normalized spacial score (nSPS) is 26.4. The first kappa shape index (κ1) is 8.99. The lowest BCUT2D eigenvalue weighted by Gasteiger charge is -2.13. The van der Waals surface area contributed by atoms with Gasteiger partial charge < -0.3 is 5.73 Å². The number of hydrogen-bond acceptors (Lipinski definition) is 1. The van der Waals surface area contributed by atoms with Crippen LogP contribution in [0.1, 0.15) is 26.2 Å². The van der Waals surface area contributed by atoms with Crippen molar-refractivity contribution in [2.24, 2.45) is 5.73 Å². The van der Waals surface area contributed by atoms with Crippen LogP contribution in [0.4, 0.5) is 0 Å². The maximum atomic E-state index is 5.65. The van der Waals surface area contributed by atoms with Crippen molar-refractivity contribution < 1.29 is 0 Å². The van der Waals surface area contributed by atoms with E-state index in [0.717, 1.165) is 0 Å². The van der Waals surface area contributed by atoms with E-state index < -0.39 is 0 Å². The van der Waals surface area contributed by atoms with Crippen LogP contribution in [0.5, 0.6) is 0 Å². The average Bonchev–Trinajstić information content (AvgIpc) is 1.64. The first-order valence-corrected chi connectivity index (χ1v) is 3.22. The van der Waals surface area contributed by atoms with E-state index in [1.165, 1.54) is 24.8 Å². The van der Waals surface area contributed by atoms with Crippen LogP contribution in [0, 0.1) is 0 Å². The fourth-order valence-corrected chi connectivity index (χ4v) is 1.15. The van der Waals surface area contributed by atoms with E-state index >= 15 is 0 Å². The van der Waals surface area contributed by atoms with E-state index in [0.29, 0.717) is 6.04 Å². The van der Waals surface area contributed by atoms with Gasteiger partial charge in [-0.3, -0.25) is 0 Å². The minimum absolute atomic E-state index is 0. The average molecular weight is 148 g/mol. The summed E-state index contributed by atoms with van der Waals surface area (Å²) in [5.74, 6) is 0. The van der Waals surface area contributed by atoms with Crippen LogP contribution in [-0.2, 0) is 0 Å². The van der Waals surface area contributed by atoms with Crippen LogP contribution in [0.25, 0.3) is 0 Å². The van der Waals surface area contributed by atoms with Gasteiger partial charge >= 0.3 is 0 Å². The van der Waals surface area contributed by atoms with Crippen LogP contribution >= 0.6 is 12.4 Å². The van der Waals surface area contributed by atoms with Gasteiger partial charge in [0, 0.05) is 6.04 Å². The number of rotatable bonds is 0. The Morgan fingerprint density at radius 1 is 1.67 bits per heavy atom. The molecular weight excluding hydrogens is 134 g/mol. The van der Waals surface area contributed by atoms with E-state index in [2.05, 4.69) is 13.0 Å². The van der Waals surface area contributed by atoms with Crippen molar-refractivity contribution >= 4 is 12.4 Å². The van der Waals surface area contributed by atoms with Crippen molar-refractivity contribution in [1.29, 1.82) is 0 Å². The third kappa shape index (κ3) is 2.87. The van der Waals surface area contributed by atoms with E-state index in [1.807, 2.05) is 0 Å². The molecule has 0 saturated carbocycles. The maximum absolute atomic E-state index is 5.65. The zero-order valence-corrected chi connectivity index (χ0v) is 6.58. The summed E-state index contributed by atoms with van der Waals surface area (Å²) in [6.07, 6.45) is 5.89. The Kier molecular flexibility index (Phi) is 3.91. The van der Waals surface area contributed by atoms with Gasteiger partial charge in [-0.2, -0.15) is 0 Å². The molecule has 0 fully saturated rings. The maximum Gasteiger partial charge on any atom is 0.0226 e. The van der Waals surface area contributed by atoms with Crippen molar-refractivity contribution in [3.63, 3.8) is 0 Å². The quantitative estimate of drug-likeness (QED) is 0.521. The van der Waals surface area contributed by atoms with Crippen molar-refractivity contribution in [1.82, 2.24) is 0 Å². The van der Waals surface area contributed by atoms with Crippen molar-refractivity contribution in [3.05, 3.63) is 11.6 Å². The third-order valence-corrected chi connectivity index (χ3v) is 1.61. The molecule has 1 aliphatic rings. The molecule has 0 saturated heterocycles. The van der Waals surface area contributed by atoms with Crippen LogP contribution < -0.4 is 5.73 Å². The minimum atomic E-state index is 0. The van der Waals surface area contributed by atoms with E-state index in [1.54, 1.807) is 0 Å². The Morgan fingerprint density at radius 2 is 2.33 bits per heavy atom. The van der Waals surface area contributed by atoms with Crippen LogP contribution in [0.2, 0.25) is 0 Å². The zero-order chi connectivity index (χ0) is 5.98. The predicted molar refractivity (Wildman–Crippen MR) is 42.8 cm³/mol. The van der Waals surface area contributed by atoms with Crippen molar-refractivity contribution in [3.8, 4) is 0 Å². The van der Waals surface area contributed by atoms with Gasteiger partial charge in [-0.1, -0.05) is 11.6 Å². The van der Waals surface area contributed by atoms with E-state index in [4.69, 9.17) is 5.73 Å². The Morgan fingerprint density at radius 3 is 2.67 bits per heavy atom. The standard InChI is InChI=1S/C7H13N.ClH/c1-6-3-2-4-7(8)5-6;/h5,7H,2-4,8H2,1H3;1H. The molecule has 1 rings (SSSR count). The minimum Gasteiger partial charge on any atom is -0.324 e. The summed E-state index contributed by atoms with van der Waals surface area (Å²) in [5.41, 5.74) is 7.11. The fraction of sp³-hybridized carbons (Fsp3) is 0.714. The highest BCUT2D eigenvalue weighted by Gasteiger charge is 2.04. The second-order valence-electron chi connectivity index (χ2n) is 2.57. The molecule has 0 bridgehead atoms. The number of allylic oxidation sites excluding steroid dienone is 1. The second-order valence-corrected chi connectivity index (χ2v) is 2.57. The molecule has 0 amide bonds. The van der Waals surface area contributed by atoms with Gasteiger partial charge in [0.05, 0.1) is 0 Å². The van der Waals surface area contributed by atoms with Crippen LogP contribution in [0.3, 0.4) is 0 Å². The highest BCUT2D eigenvalue weighted by atomic mass is 35.5. The van der Waals surface area contributed by atoms with Crippen molar-refractivity contribution in [2.75, 3.05) is 0 Å². The lowest BCUT2D eigenvalue weighted by atomic mass is 9.98. The molecule has 0 aromatic carbocycles. The number of halogens is 1. The summed E-state index contributed by atoms with van der Waals surface area (Å²) >= 11 is 0. The second kappa shape index (κ2) is 3.91. The SMILES string of the molecule is CC1=CC(N)CCC1.Cl. The molecule has 1 aliphatic carbocycles. The largest absolute Gasteiger partial charge is 0.324 e. The summed E-state index contributed by atoms with van der Waals surface area (Å²) in [4.78, 5) is 0. The van der Waals surface area contributed by atoms with E-state index in [-0.39, 0.29) is 12.4 Å². The molecule has 2 N–H and O–H groups in total. The molecule has 1 atom stereocenters. The molecule has 0 radical (unpaired) electrons. The molecule has 1 unspecified atom stereocenters. The first-order valence-electron chi connectivity index (χ1n) is 3.22. The summed E-state index contributed by atoms with van der Waals surface area (Å²) < 4.78 is 0. The topological polar surface area (TPSA) is 26.0 Å². The third-order valence-electron chi connectivity index (χ3n) is 1.61. The summed E-state index contributed by atoms with van der Waals surface area (Å²) in [7, 11) is 0. The Labute approximate surface area is 62.7 Å². The summed E-state index contributed by atoms with van der Waals surface area (Å²) in [5, 5.41) is 0. The monoisotopic (exact) mass is 147 g/mol. The molecule has 1 nitrogen and oxygen atoms in total. The zero-order valence-electron chi connectivity index (χ0n) is 5.76. The Bertz CT molecular complexity index is 109. The highest BCUT2D eigenvalue weighted by Crippen LogP contribution is 2.14. The smallest absolute Gasteiger partial charge is 0.0226 e. The summed E-state index contributed by atoms with van der Waals surface area (Å²) in [6.45, 7) is 2.15. The van der Waals surface area contributed by atoms with Gasteiger partial charge in [-0.25, -0.2) is 0 Å². The van der Waals surface area contributed by atoms with Gasteiger partial charge in [0.15, 0.2) is 0 Å². The number of hydrogen-bond donors (Lipinski definition) is 1. The molecule has 0 aromatic heterocycles. The lowest BCUT2D eigenvalue weighted by Crippen LogP contribution is -2.19. The first-order chi connectivity index (χ1) is 3.79. The molecule has 2 heteroatoms. The van der Waals surface area contributed by atoms with Crippen LogP contribution in [-0.4, -0.2) is 6.04 Å². The molecule has 0 heterocycles. The van der Waals surface area contributed by atoms with Gasteiger partial charge in [-0.15, -0.1) is 12.4 Å². The Balaban J connectivity index is 0.000000640. The predicted octanol–water partition coefficient (Wildman–Crippen LogP) is 1.87. The molecule has 9 heavy (non-hydrogen) atoms. The van der Waals surface area contributed by atoms with Gasteiger partial charge in [0.2, 0.25) is 0 Å². The lowest BCUT2D eigenvalue weighted by molar-refractivity contribution is 0.625. The van der Waals surface area contributed by atoms with Gasteiger partial charge in [0.25, 0.3) is 0 Å². The van der Waals surface area contributed by atoms with Gasteiger partial charge in [-0.05, 0) is 26.2 Å². The van der Waals surface area contributed by atoms with E-state index in [9.17, 15) is 0 Å².